The average molecular weight is 183 g/mol. The highest BCUT2D eigenvalue weighted by Crippen LogP contribution is 2.07. The van der Waals surface area contributed by atoms with E-state index in [1.54, 1.807) is 0 Å². The lowest BCUT2D eigenvalue weighted by Crippen LogP contribution is -1.87. The Morgan fingerprint density at radius 2 is 2.14 bits per heavy atom. The predicted molar refractivity (Wildman–Crippen MR) is 53.3 cm³/mol. The number of rotatable bonds is 2. The number of carbonyl (C=O) groups is 1. The lowest BCUT2D eigenvalue weighted by Gasteiger charge is -1.97. The van der Waals surface area contributed by atoms with Gasteiger partial charge in [0.15, 0.2) is 0 Å². The summed E-state index contributed by atoms with van der Waals surface area (Å²) in [5.41, 5.74) is 1.74. The van der Waals surface area contributed by atoms with Crippen LogP contribution in [0.3, 0.4) is 0 Å². The van der Waals surface area contributed by atoms with Crippen LogP contribution in [0.1, 0.15) is 17.5 Å². The molecule has 0 N–H and O–H groups in total. The molecule has 0 aromatic heterocycles. The zero-order valence-electron chi connectivity index (χ0n) is 7.66. The van der Waals surface area contributed by atoms with Crippen molar-refractivity contribution in [3.05, 3.63) is 35.4 Å². The van der Waals surface area contributed by atoms with E-state index in [2.05, 4.69) is 17.9 Å². The number of hydrogen-bond acceptors (Lipinski definition) is 2. The Balaban J connectivity index is 2.92. The van der Waals surface area contributed by atoms with Crippen molar-refractivity contribution in [2.45, 2.75) is 12.8 Å². The van der Waals surface area contributed by atoms with E-state index in [-0.39, 0.29) is 6.42 Å². The molecule has 0 saturated carbocycles. The van der Waals surface area contributed by atoms with E-state index < -0.39 is 0 Å². The highest BCUT2D eigenvalue weighted by atomic mass is 16.1. The lowest BCUT2D eigenvalue weighted by molar-refractivity contribution is -0.107. The standard InChI is InChI=1S/C12H9NO/c13-9-8-12-6-2-1-5-11(12)7-3-4-10-14/h1-2,5-6,10H,4,8H2. The highest BCUT2D eigenvalue weighted by Gasteiger charge is 1.96. The third-order valence-corrected chi connectivity index (χ3v) is 1.70. The minimum absolute atomic E-state index is 0.237. The van der Waals surface area contributed by atoms with Crippen molar-refractivity contribution in [1.29, 1.82) is 5.26 Å². The maximum atomic E-state index is 10.1. The van der Waals surface area contributed by atoms with Crippen molar-refractivity contribution in [3.8, 4) is 17.9 Å². The quantitative estimate of drug-likeness (QED) is 0.517. The molecule has 0 aliphatic rings. The number of carbonyl (C=O) groups excluding carboxylic acids is 1. The number of benzene rings is 1. The zero-order chi connectivity index (χ0) is 10.2. The van der Waals surface area contributed by atoms with E-state index >= 15 is 0 Å². The summed E-state index contributed by atoms with van der Waals surface area (Å²) in [6.07, 6.45) is 1.35. The molecule has 1 rings (SSSR count). The number of nitrogens with zero attached hydrogens (tertiary/aromatic N) is 1. The second kappa shape index (κ2) is 5.56. The number of hydrogen-bond donors (Lipinski definition) is 0. The van der Waals surface area contributed by atoms with Crippen LogP contribution in [0.4, 0.5) is 0 Å². The van der Waals surface area contributed by atoms with Crippen LogP contribution in [0.2, 0.25) is 0 Å². The van der Waals surface area contributed by atoms with Crippen molar-refractivity contribution in [2.75, 3.05) is 0 Å². The first-order chi connectivity index (χ1) is 6.88. The molecule has 0 heterocycles. The molecule has 2 nitrogen and oxygen atoms in total. The van der Waals surface area contributed by atoms with Gasteiger partial charge in [-0.1, -0.05) is 30.0 Å². The van der Waals surface area contributed by atoms with Gasteiger partial charge in [-0.2, -0.15) is 5.26 Å². The van der Waals surface area contributed by atoms with Gasteiger partial charge in [-0.3, -0.25) is 0 Å². The average Bonchev–Trinajstić information content (AvgIpc) is 2.21. The van der Waals surface area contributed by atoms with E-state index in [9.17, 15) is 4.79 Å². The number of nitriles is 1. The first-order valence-electron chi connectivity index (χ1n) is 4.26. The fourth-order valence-corrected chi connectivity index (χ4v) is 1.07. The summed E-state index contributed by atoms with van der Waals surface area (Å²) in [5.74, 6) is 5.59. The Hall–Kier alpha value is -2.06. The monoisotopic (exact) mass is 183 g/mol. The lowest BCUT2D eigenvalue weighted by atomic mass is 10.1. The Morgan fingerprint density at radius 3 is 2.86 bits per heavy atom. The molecule has 0 atom stereocenters. The molecular formula is C12H9NO. The molecule has 0 unspecified atom stereocenters. The third-order valence-electron chi connectivity index (χ3n) is 1.70. The smallest absolute Gasteiger partial charge is 0.131 e. The fraction of sp³-hybridized carbons (Fsp3) is 0.167. The molecule has 0 bridgehead atoms. The van der Waals surface area contributed by atoms with Crippen LogP contribution < -0.4 is 0 Å². The summed E-state index contributed by atoms with van der Waals surface area (Å²) in [6.45, 7) is 0. The Kier molecular flexibility index (Phi) is 3.98. The molecule has 68 valence electrons. The summed E-state index contributed by atoms with van der Waals surface area (Å²) in [4.78, 5) is 10.1. The van der Waals surface area contributed by atoms with Gasteiger partial charge in [0.2, 0.25) is 0 Å². The van der Waals surface area contributed by atoms with Crippen LogP contribution in [0.15, 0.2) is 24.3 Å². The minimum Gasteiger partial charge on any atom is -0.302 e. The first-order valence-corrected chi connectivity index (χ1v) is 4.26. The zero-order valence-corrected chi connectivity index (χ0v) is 7.66. The van der Waals surface area contributed by atoms with Gasteiger partial charge in [0.25, 0.3) is 0 Å². The van der Waals surface area contributed by atoms with Gasteiger partial charge in [-0.05, 0) is 11.6 Å². The van der Waals surface area contributed by atoms with Crippen molar-refractivity contribution < 1.29 is 4.79 Å². The topological polar surface area (TPSA) is 40.9 Å². The minimum atomic E-state index is 0.237. The van der Waals surface area contributed by atoms with E-state index in [0.29, 0.717) is 6.42 Å². The molecule has 0 aliphatic heterocycles. The van der Waals surface area contributed by atoms with Gasteiger partial charge in [-0.15, -0.1) is 0 Å². The second-order valence-corrected chi connectivity index (χ2v) is 2.66. The van der Waals surface area contributed by atoms with E-state index in [1.807, 2.05) is 24.3 Å². The number of aldehydes is 1. The van der Waals surface area contributed by atoms with Gasteiger partial charge in [-0.25, -0.2) is 0 Å². The van der Waals surface area contributed by atoms with E-state index in [1.165, 1.54) is 0 Å². The van der Waals surface area contributed by atoms with E-state index in [0.717, 1.165) is 17.4 Å². The summed E-state index contributed by atoms with van der Waals surface area (Å²) in [6, 6.07) is 9.54. The molecule has 0 radical (unpaired) electrons. The second-order valence-electron chi connectivity index (χ2n) is 2.66. The highest BCUT2D eigenvalue weighted by molar-refractivity contribution is 5.55. The van der Waals surface area contributed by atoms with Gasteiger partial charge in [0, 0.05) is 5.56 Å². The molecule has 1 aromatic carbocycles. The SMILES string of the molecule is N#CCc1ccccc1C#CCC=O. The van der Waals surface area contributed by atoms with Crippen LogP contribution in [-0.2, 0) is 11.2 Å². The van der Waals surface area contributed by atoms with Crippen LogP contribution in [0.5, 0.6) is 0 Å². The molecular weight excluding hydrogens is 174 g/mol. The maximum absolute atomic E-state index is 10.1. The summed E-state index contributed by atoms with van der Waals surface area (Å²) < 4.78 is 0. The normalized spacial score (nSPS) is 8.21. The Labute approximate surface area is 83.2 Å². The molecule has 0 amide bonds. The van der Waals surface area contributed by atoms with Gasteiger partial charge >= 0.3 is 0 Å². The molecule has 0 fully saturated rings. The maximum Gasteiger partial charge on any atom is 0.131 e. The van der Waals surface area contributed by atoms with Crippen molar-refractivity contribution in [2.24, 2.45) is 0 Å². The molecule has 2 heteroatoms. The van der Waals surface area contributed by atoms with Gasteiger partial charge in [0.1, 0.15) is 6.29 Å². The molecule has 0 spiro atoms. The fourth-order valence-electron chi connectivity index (χ4n) is 1.07. The molecule has 1 aromatic rings. The van der Waals surface area contributed by atoms with Crippen molar-refractivity contribution in [1.82, 2.24) is 0 Å². The summed E-state index contributed by atoms with van der Waals surface area (Å²) in [7, 11) is 0. The van der Waals surface area contributed by atoms with Gasteiger partial charge in [0.05, 0.1) is 18.9 Å². The van der Waals surface area contributed by atoms with Gasteiger partial charge < -0.3 is 4.79 Å². The first kappa shape index (κ1) is 10.0. The van der Waals surface area contributed by atoms with Crippen molar-refractivity contribution >= 4 is 6.29 Å². The van der Waals surface area contributed by atoms with Crippen molar-refractivity contribution in [3.63, 3.8) is 0 Å². The Morgan fingerprint density at radius 1 is 1.36 bits per heavy atom. The van der Waals surface area contributed by atoms with Crippen LogP contribution in [0.25, 0.3) is 0 Å². The van der Waals surface area contributed by atoms with Crippen LogP contribution in [0, 0.1) is 23.2 Å². The molecule has 0 saturated heterocycles. The van der Waals surface area contributed by atoms with Crippen LogP contribution >= 0.6 is 0 Å². The molecule has 14 heavy (non-hydrogen) atoms. The predicted octanol–water partition coefficient (Wildman–Crippen LogP) is 1.69. The Bertz CT molecular complexity index is 418. The molecule has 0 aliphatic carbocycles. The summed E-state index contributed by atoms with van der Waals surface area (Å²) in [5, 5.41) is 8.56. The third kappa shape index (κ3) is 2.77. The van der Waals surface area contributed by atoms with Crippen LogP contribution in [-0.4, -0.2) is 6.29 Å². The summed E-state index contributed by atoms with van der Waals surface area (Å²) >= 11 is 0. The van der Waals surface area contributed by atoms with E-state index in [4.69, 9.17) is 5.26 Å². The largest absolute Gasteiger partial charge is 0.302 e.